The summed E-state index contributed by atoms with van der Waals surface area (Å²) in [5.74, 6) is 0.722. The number of nitrogens with one attached hydrogen (secondary N) is 1. The molecule has 0 aromatic carbocycles. The summed E-state index contributed by atoms with van der Waals surface area (Å²) in [7, 11) is 0. The lowest BCUT2D eigenvalue weighted by atomic mass is 10.5. The lowest BCUT2D eigenvalue weighted by molar-refractivity contribution is 0.724. The minimum absolute atomic E-state index is 0.398. The quantitative estimate of drug-likeness (QED) is 0.852. The van der Waals surface area contributed by atoms with E-state index in [9.17, 15) is 0 Å². The molecule has 0 fully saturated rings. The molecule has 0 spiro atoms. The molecule has 0 aliphatic carbocycles. The van der Waals surface area contributed by atoms with Gasteiger partial charge in [-0.3, -0.25) is 0 Å². The summed E-state index contributed by atoms with van der Waals surface area (Å²) in [6, 6.07) is 3.50. The molecule has 0 radical (unpaired) electrons. The Morgan fingerprint density at radius 1 is 1.33 bits per heavy atom. The second-order valence-corrected chi connectivity index (χ2v) is 3.36. The van der Waals surface area contributed by atoms with Crippen molar-refractivity contribution in [2.24, 2.45) is 0 Å². The van der Waals surface area contributed by atoms with Gasteiger partial charge in [-0.05, 0) is 12.1 Å². The summed E-state index contributed by atoms with van der Waals surface area (Å²) < 4.78 is 1.98. The zero-order valence-electron chi connectivity index (χ0n) is 7.97. The van der Waals surface area contributed by atoms with Gasteiger partial charge in [-0.15, -0.1) is 10.2 Å². The lowest BCUT2D eigenvalue weighted by Crippen LogP contribution is -2.10. The van der Waals surface area contributed by atoms with Gasteiger partial charge in [0.05, 0.1) is 6.33 Å². The molecule has 2 aromatic heterocycles. The third-order valence-corrected chi connectivity index (χ3v) is 2.07. The molecule has 78 valence electrons. The second-order valence-electron chi connectivity index (χ2n) is 2.97. The molecule has 5 nitrogen and oxygen atoms in total. The van der Waals surface area contributed by atoms with Gasteiger partial charge >= 0.3 is 0 Å². The molecule has 15 heavy (non-hydrogen) atoms. The van der Waals surface area contributed by atoms with Crippen LogP contribution in [0.4, 0.5) is 5.82 Å². The van der Waals surface area contributed by atoms with Crippen LogP contribution in [-0.2, 0) is 6.54 Å². The van der Waals surface area contributed by atoms with Crippen LogP contribution in [0.3, 0.4) is 0 Å². The van der Waals surface area contributed by atoms with Crippen molar-refractivity contribution in [3.05, 3.63) is 36.0 Å². The Kier molecular flexibility index (Phi) is 3.14. The Morgan fingerprint density at radius 2 is 2.27 bits per heavy atom. The van der Waals surface area contributed by atoms with E-state index in [4.69, 9.17) is 11.6 Å². The molecule has 0 amide bonds. The predicted octanol–water partition coefficient (Wildman–Crippen LogP) is 1.44. The van der Waals surface area contributed by atoms with E-state index in [1.54, 1.807) is 24.7 Å². The van der Waals surface area contributed by atoms with Crippen LogP contribution < -0.4 is 5.32 Å². The van der Waals surface area contributed by atoms with Gasteiger partial charge < -0.3 is 9.88 Å². The summed E-state index contributed by atoms with van der Waals surface area (Å²) in [5, 5.41) is 11.1. The standard InChI is InChI=1S/C9H10ClN5/c10-8-1-2-9(14-13-8)12-4-6-15-5-3-11-7-15/h1-3,5,7H,4,6H2,(H,12,14). The number of imidazole rings is 1. The van der Waals surface area contributed by atoms with Crippen LogP contribution in [0.1, 0.15) is 0 Å². The predicted molar refractivity (Wildman–Crippen MR) is 57.8 cm³/mol. The van der Waals surface area contributed by atoms with Gasteiger partial charge in [0, 0.05) is 25.5 Å². The fraction of sp³-hybridized carbons (Fsp3) is 0.222. The van der Waals surface area contributed by atoms with E-state index < -0.39 is 0 Å². The van der Waals surface area contributed by atoms with Crippen molar-refractivity contribution >= 4 is 17.4 Å². The maximum absolute atomic E-state index is 5.61. The van der Waals surface area contributed by atoms with Crippen molar-refractivity contribution in [2.75, 3.05) is 11.9 Å². The molecule has 0 aliphatic rings. The molecule has 0 atom stereocenters. The highest BCUT2D eigenvalue weighted by molar-refractivity contribution is 6.29. The van der Waals surface area contributed by atoms with Crippen LogP contribution in [-0.4, -0.2) is 26.3 Å². The summed E-state index contributed by atoms with van der Waals surface area (Å²) in [6.07, 6.45) is 5.44. The first-order valence-corrected chi connectivity index (χ1v) is 4.91. The Hall–Kier alpha value is -1.62. The number of hydrogen-bond acceptors (Lipinski definition) is 4. The third-order valence-electron chi connectivity index (χ3n) is 1.87. The van der Waals surface area contributed by atoms with E-state index in [2.05, 4.69) is 20.5 Å². The van der Waals surface area contributed by atoms with Gasteiger partial charge in [-0.2, -0.15) is 0 Å². The fourth-order valence-corrected chi connectivity index (χ4v) is 1.24. The van der Waals surface area contributed by atoms with Crippen LogP contribution in [0.5, 0.6) is 0 Å². The van der Waals surface area contributed by atoms with Gasteiger partial charge in [-0.25, -0.2) is 4.98 Å². The van der Waals surface area contributed by atoms with Crippen LogP contribution in [0, 0.1) is 0 Å². The van der Waals surface area contributed by atoms with Crippen LogP contribution in [0.25, 0.3) is 0 Å². The Morgan fingerprint density at radius 3 is 2.93 bits per heavy atom. The molecule has 0 aliphatic heterocycles. The molecule has 2 rings (SSSR count). The second kappa shape index (κ2) is 4.75. The molecule has 2 heterocycles. The smallest absolute Gasteiger partial charge is 0.151 e. The summed E-state index contributed by atoms with van der Waals surface area (Å²) in [5.41, 5.74) is 0. The van der Waals surface area contributed by atoms with Crippen molar-refractivity contribution in [3.8, 4) is 0 Å². The lowest BCUT2D eigenvalue weighted by Gasteiger charge is -2.04. The minimum atomic E-state index is 0.398. The highest BCUT2D eigenvalue weighted by Gasteiger charge is 1.94. The largest absolute Gasteiger partial charge is 0.367 e. The maximum Gasteiger partial charge on any atom is 0.151 e. The third kappa shape index (κ3) is 2.92. The highest BCUT2D eigenvalue weighted by atomic mass is 35.5. The molecule has 0 saturated carbocycles. The molecule has 2 aromatic rings. The molecule has 0 unspecified atom stereocenters. The van der Waals surface area contributed by atoms with Gasteiger partial charge in [0.15, 0.2) is 5.15 Å². The molecular weight excluding hydrogens is 214 g/mol. The highest BCUT2D eigenvalue weighted by Crippen LogP contribution is 2.05. The summed E-state index contributed by atoms with van der Waals surface area (Å²) in [6.45, 7) is 1.61. The first-order valence-electron chi connectivity index (χ1n) is 4.53. The summed E-state index contributed by atoms with van der Waals surface area (Å²) >= 11 is 5.61. The van der Waals surface area contributed by atoms with E-state index in [0.29, 0.717) is 5.15 Å². The summed E-state index contributed by atoms with van der Waals surface area (Å²) in [4.78, 5) is 3.95. The molecule has 0 bridgehead atoms. The zero-order valence-corrected chi connectivity index (χ0v) is 8.72. The maximum atomic E-state index is 5.61. The molecular formula is C9H10ClN5. The van der Waals surface area contributed by atoms with Crippen LogP contribution in [0.15, 0.2) is 30.9 Å². The topological polar surface area (TPSA) is 55.6 Å². The number of anilines is 1. The number of hydrogen-bond donors (Lipinski definition) is 1. The van der Waals surface area contributed by atoms with Crippen molar-refractivity contribution in [1.29, 1.82) is 0 Å². The van der Waals surface area contributed by atoms with Crippen molar-refractivity contribution in [1.82, 2.24) is 19.7 Å². The number of aromatic nitrogens is 4. The van der Waals surface area contributed by atoms with Crippen LogP contribution in [0.2, 0.25) is 5.15 Å². The first-order chi connectivity index (χ1) is 7.34. The minimum Gasteiger partial charge on any atom is -0.367 e. The average Bonchev–Trinajstić information content (AvgIpc) is 2.74. The molecule has 0 saturated heterocycles. The normalized spacial score (nSPS) is 10.2. The molecule has 6 heteroatoms. The Labute approximate surface area is 92.1 Å². The average molecular weight is 224 g/mol. The van der Waals surface area contributed by atoms with Crippen LogP contribution >= 0.6 is 11.6 Å². The fourth-order valence-electron chi connectivity index (χ4n) is 1.14. The van der Waals surface area contributed by atoms with Crippen molar-refractivity contribution in [2.45, 2.75) is 6.54 Å². The van der Waals surface area contributed by atoms with E-state index >= 15 is 0 Å². The molecule has 1 N–H and O–H groups in total. The first kappa shape index (κ1) is 9.92. The van der Waals surface area contributed by atoms with E-state index in [1.807, 2.05) is 10.8 Å². The van der Waals surface area contributed by atoms with E-state index in [0.717, 1.165) is 18.9 Å². The number of halogens is 1. The van der Waals surface area contributed by atoms with E-state index in [-0.39, 0.29) is 0 Å². The number of nitrogens with zero attached hydrogens (tertiary/aromatic N) is 4. The number of rotatable bonds is 4. The Bertz CT molecular complexity index is 397. The van der Waals surface area contributed by atoms with E-state index in [1.165, 1.54) is 0 Å². The van der Waals surface area contributed by atoms with Gasteiger partial charge in [-0.1, -0.05) is 11.6 Å². The Balaban J connectivity index is 1.81. The monoisotopic (exact) mass is 223 g/mol. The van der Waals surface area contributed by atoms with Crippen molar-refractivity contribution < 1.29 is 0 Å². The van der Waals surface area contributed by atoms with Gasteiger partial charge in [0.2, 0.25) is 0 Å². The van der Waals surface area contributed by atoms with Gasteiger partial charge in [0.1, 0.15) is 5.82 Å². The van der Waals surface area contributed by atoms with Gasteiger partial charge in [0.25, 0.3) is 0 Å². The van der Waals surface area contributed by atoms with Crippen molar-refractivity contribution in [3.63, 3.8) is 0 Å². The SMILES string of the molecule is Clc1ccc(NCCn2ccnc2)nn1. The zero-order chi connectivity index (χ0) is 10.5.